The zero-order chi connectivity index (χ0) is 16.3. The van der Waals surface area contributed by atoms with Crippen LogP contribution in [0.25, 0.3) is 11.0 Å². The van der Waals surface area contributed by atoms with E-state index in [1.807, 2.05) is 19.9 Å². The molecule has 1 heterocycles. The van der Waals surface area contributed by atoms with Crippen LogP contribution >= 0.6 is 0 Å². The van der Waals surface area contributed by atoms with Crippen LogP contribution in [-0.2, 0) is 16.0 Å². The molecule has 118 valence electrons. The number of fused-ring (bicyclic) bond motifs is 1. The molecule has 2 aromatic rings. The third-order valence-electron chi connectivity index (χ3n) is 3.39. The number of hydrogen-bond donors (Lipinski definition) is 0. The topological polar surface area (TPSA) is 65.7 Å². The van der Waals surface area contributed by atoms with E-state index < -0.39 is 12.1 Å². The number of carbonyl (C=O) groups is 1. The van der Waals surface area contributed by atoms with Crippen molar-refractivity contribution in [1.82, 2.24) is 0 Å². The van der Waals surface area contributed by atoms with Crippen LogP contribution in [0.3, 0.4) is 0 Å². The Morgan fingerprint density at radius 2 is 2.05 bits per heavy atom. The predicted octanol–water partition coefficient (Wildman–Crippen LogP) is 2.99. The van der Waals surface area contributed by atoms with Crippen LogP contribution in [0, 0.1) is 6.92 Å². The zero-order valence-electron chi connectivity index (χ0n) is 13.3. The van der Waals surface area contributed by atoms with E-state index in [9.17, 15) is 9.59 Å². The largest absolute Gasteiger partial charge is 0.478 e. The van der Waals surface area contributed by atoms with Gasteiger partial charge in [0.05, 0.1) is 12.5 Å². The maximum absolute atomic E-state index is 11.7. The summed E-state index contributed by atoms with van der Waals surface area (Å²) in [6.07, 6.45) is 0.878. The highest BCUT2D eigenvalue weighted by atomic mass is 16.6. The summed E-state index contributed by atoms with van der Waals surface area (Å²) in [6.45, 7) is 5.53. The molecule has 0 spiro atoms. The molecule has 1 aromatic carbocycles. The quantitative estimate of drug-likeness (QED) is 0.627. The Morgan fingerprint density at radius 1 is 1.32 bits per heavy atom. The molecular formula is C17H20O5. The van der Waals surface area contributed by atoms with Crippen molar-refractivity contribution in [3.63, 3.8) is 0 Å². The minimum Gasteiger partial charge on any atom is -0.478 e. The number of rotatable bonds is 5. The van der Waals surface area contributed by atoms with Gasteiger partial charge >= 0.3 is 11.6 Å². The zero-order valence-corrected chi connectivity index (χ0v) is 13.3. The van der Waals surface area contributed by atoms with E-state index in [2.05, 4.69) is 4.74 Å². The lowest BCUT2D eigenvalue weighted by atomic mass is 10.0. The molecule has 0 aliphatic heterocycles. The molecule has 2 rings (SSSR count). The van der Waals surface area contributed by atoms with Gasteiger partial charge in [0.15, 0.2) is 6.10 Å². The predicted molar refractivity (Wildman–Crippen MR) is 83.3 cm³/mol. The molecule has 5 heteroatoms. The Kier molecular flexibility index (Phi) is 4.85. The maximum atomic E-state index is 11.7. The smallest absolute Gasteiger partial charge is 0.346 e. The molecule has 0 saturated carbocycles. The fraction of sp³-hybridized carbons (Fsp3) is 0.412. The van der Waals surface area contributed by atoms with Gasteiger partial charge in [0.1, 0.15) is 11.3 Å². The minimum absolute atomic E-state index is 0.381. The Hall–Kier alpha value is -2.30. The van der Waals surface area contributed by atoms with Crippen LogP contribution < -0.4 is 10.4 Å². The molecule has 0 aliphatic carbocycles. The van der Waals surface area contributed by atoms with E-state index in [1.165, 1.54) is 13.2 Å². The monoisotopic (exact) mass is 304 g/mol. The van der Waals surface area contributed by atoms with Crippen molar-refractivity contribution in [2.24, 2.45) is 0 Å². The van der Waals surface area contributed by atoms with Gasteiger partial charge in [0.2, 0.25) is 0 Å². The lowest BCUT2D eigenvalue weighted by molar-refractivity contribution is -0.147. The van der Waals surface area contributed by atoms with Crippen molar-refractivity contribution >= 4 is 16.9 Å². The van der Waals surface area contributed by atoms with E-state index in [0.29, 0.717) is 11.3 Å². The molecule has 1 aromatic heterocycles. The minimum atomic E-state index is -0.739. The molecule has 5 nitrogen and oxygen atoms in total. The fourth-order valence-corrected chi connectivity index (χ4v) is 2.43. The van der Waals surface area contributed by atoms with Crippen molar-refractivity contribution in [3.05, 3.63) is 39.7 Å². The number of methoxy groups -OCH3 is 1. The second-order valence-corrected chi connectivity index (χ2v) is 5.26. The molecule has 1 atom stereocenters. The summed E-state index contributed by atoms with van der Waals surface area (Å²) in [5.74, 6) is 0.0733. The third kappa shape index (κ3) is 3.30. The number of hydrogen-bond acceptors (Lipinski definition) is 5. The summed E-state index contributed by atoms with van der Waals surface area (Å²) in [7, 11) is 1.32. The Bertz CT molecular complexity index is 745. The van der Waals surface area contributed by atoms with Crippen molar-refractivity contribution in [1.29, 1.82) is 0 Å². The van der Waals surface area contributed by atoms with E-state index in [1.54, 1.807) is 13.0 Å². The average Bonchev–Trinajstić information content (AvgIpc) is 2.45. The number of benzene rings is 1. The number of esters is 1. The molecule has 0 amide bonds. The first-order valence-corrected chi connectivity index (χ1v) is 7.28. The van der Waals surface area contributed by atoms with E-state index in [0.717, 1.165) is 29.4 Å². The van der Waals surface area contributed by atoms with Gasteiger partial charge in [0, 0.05) is 6.07 Å². The normalized spacial score (nSPS) is 12.2. The van der Waals surface area contributed by atoms with Crippen LogP contribution in [0.15, 0.2) is 27.4 Å². The number of aryl methyl sites for hydroxylation is 2. The number of carbonyl (C=O) groups excluding carboxylic acids is 1. The Labute approximate surface area is 128 Å². The van der Waals surface area contributed by atoms with Crippen LogP contribution in [-0.4, -0.2) is 19.2 Å². The summed E-state index contributed by atoms with van der Waals surface area (Å²) < 4.78 is 15.7. The first-order valence-electron chi connectivity index (χ1n) is 7.28. The highest BCUT2D eigenvalue weighted by Crippen LogP contribution is 2.31. The summed E-state index contributed by atoms with van der Waals surface area (Å²) >= 11 is 0. The second kappa shape index (κ2) is 6.64. The number of ether oxygens (including phenoxy) is 2. The lowest BCUT2D eigenvalue weighted by Crippen LogP contribution is -2.25. The molecule has 0 unspecified atom stereocenters. The van der Waals surface area contributed by atoms with Crippen LogP contribution in [0.5, 0.6) is 5.75 Å². The van der Waals surface area contributed by atoms with Gasteiger partial charge in [-0.15, -0.1) is 0 Å². The van der Waals surface area contributed by atoms with E-state index in [4.69, 9.17) is 9.15 Å². The van der Waals surface area contributed by atoms with Crippen molar-refractivity contribution in [2.45, 2.75) is 39.7 Å². The van der Waals surface area contributed by atoms with Gasteiger partial charge in [-0.05, 0) is 43.5 Å². The summed E-state index contributed by atoms with van der Waals surface area (Å²) in [5, 5.41) is 0.739. The molecule has 0 aliphatic rings. The molecule has 0 saturated heterocycles. The summed E-state index contributed by atoms with van der Waals surface area (Å²) in [4.78, 5) is 23.3. The second-order valence-electron chi connectivity index (χ2n) is 5.26. The van der Waals surface area contributed by atoms with Crippen molar-refractivity contribution < 1.29 is 18.7 Å². The highest BCUT2D eigenvalue weighted by molar-refractivity contribution is 5.88. The average molecular weight is 304 g/mol. The summed E-state index contributed by atoms with van der Waals surface area (Å²) in [5.41, 5.74) is 1.84. The Balaban J connectivity index is 2.61. The van der Waals surface area contributed by atoms with Gasteiger partial charge in [0.25, 0.3) is 0 Å². The van der Waals surface area contributed by atoms with E-state index in [-0.39, 0.29) is 5.63 Å². The van der Waals surface area contributed by atoms with Crippen LogP contribution in [0.4, 0.5) is 0 Å². The van der Waals surface area contributed by atoms with Crippen LogP contribution in [0.2, 0.25) is 0 Å². The third-order valence-corrected chi connectivity index (χ3v) is 3.39. The lowest BCUT2D eigenvalue weighted by Gasteiger charge is -2.16. The molecule has 22 heavy (non-hydrogen) atoms. The molecule has 0 bridgehead atoms. The molecule has 0 fully saturated rings. The molecular weight excluding hydrogens is 284 g/mol. The van der Waals surface area contributed by atoms with Crippen LogP contribution in [0.1, 0.15) is 31.4 Å². The van der Waals surface area contributed by atoms with Gasteiger partial charge < -0.3 is 13.9 Å². The Morgan fingerprint density at radius 3 is 2.68 bits per heavy atom. The first kappa shape index (κ1) is 16.1. The van der Waals surface area contributed by atoms with E-state index >= 15 is 0 Å². The summed E-state index contributed by atoms with van der Waals surface area (Å²) in [6, 6.07) is 5.11. The van der Waals surface area contributed by atoms with Gasteiger partial charge in [-0.25, -0.2) is 9.59 Å². The van der Waals surface area contributed by atoms with Crippen molar-refractivity contribution in [3.8, 4) is 5.75 Å². The highest BCUT2D eigenvalue weighted by Gasteiger charge is 2.19. The standard InChI is InChI=1S/C17H20O5/c1-5-6-12-9-15(18)22-14-8-10(2)7-13(16(12)14)21-11(3)17(19)20-4/h7-9,11H,5-6H2,1-4H3/t11-/m0/s1. The van der Waals surface area contributed by atoms with Crippen molar-refractivity contribution in [2.75, 3.05) is 7.11 Å². The first-order chi connectivity index (χ1) is 10.5. The SMILES string of the molecule is CCCc1cc(=O)oc2cc(C)cc(O[C@@H](C)C(=O)OC)c12. The molecule has 0 N–H and O–H groups in total. The molecule has 0 radical (unpaired) electrons. The van der Waals surface area contributed by atoms with Gasteiger partial charge in [-0.1, -0.05) is 13.3 Å². The fourth-order valence-electron chi connectivity index (χ4n) is 2.43. The van der Waals surface area contributed by atoms with Gasteiger partial charge in [-0.3, -0.25) is 0 Å². The van der Waals surface area contributed by atoms with Gasteiger partial charge in [-0.2, -0.15) is 0 Å². The maximum Gasteiger partial charge on any atom is 0.346 e.